The number of benzene rings is 1. The molecule has 0 radical (unpaired) electrons. The van der Waals surface area contributed by atoms with Gasteiger partial charge in [0.2, 0.25) is 0 Å². The predicted molar refractivity (Wildman–Crippen MR) is 104 cm³/mol. The van der Waals surface area contributed by atoms with Crippen LogP contribution in [0.15, 0.2) is 47.1 Å². The number of halogens is 1. The molecule has 0 saturated carbocycles. The van der Waals surface area contributed by atoms with Gasteiger partial charge in [0.25, 0.3) is 5.91 Å². The van der Waals surface area contributed by atoms with Crippen LogP contribution in [0.2, 0.25) is 0 Å². The van der Waals surface area contributed by atoms with Gasteiger partial charge in [-0.15, -0.1) is 0 Å². The molecule has 0 atom stereocenters. The van der Waals surface area contributed by atoms with E-state index >= 15 is 0 Å². The van der Waals surface area contributed by atoms with Crippen LogP contribution in [0, 0.1) is 0 Å². The summed E-state index contributed by atoms with van der Waals surface area (Å²) in [5, 5.41) is 2.93. The first-order chi connectivity index (χ1) is 12.2. The van der Waals surface area contributed by atoms with Crippen LogP contribution in [0.3, 0.4) is 0 Å². The maximum Gasteiger partial charge on any atom is 0.251 e. The van der Waals surface area contributed by atoms with Gasteiger partial charge in [0, 0.05) is 49.0 Å². The van der Waals surface area contributed by atoms with Crippen LogP contribution in [0.25, 0.3) is 0 Å². The summed E-state index contributed by atoms with van der Waals surface area (Å²) in [4.78, 5) is 21.5. The van der Waals surface area contributed by atoms with E-state index in [1.165, 1.54) is 0 Å². The number of hydrogen-bond donors (Lipinski definition) is 1. The first kappa shape index (κ1) is 17.9. The van der Waals surface area contributed by atoms with Crippen molar-refractivity contribution >= 4 is 27.7 Å². The Bertz CT molecular complexity index is 694. The molecule has 3 rings (SSSR count). The lowest BCUT2D eigenvalue weighted by Crippen LogP contribution is -2.46. The van der Waals surface area contributed by atoms with E-state index in [0.29, 0.717) is 12.1 Å². The minimum atomic E-state index is -0.0766. The number of rotatable bonds is 5. The monoisotopic (exact) mass is 402 g/mol. The third kappa shape index (κ3) is 4.80. The number of pyridine rings is 1. The maximum absolute atomic E-state index is 12.1. The van der Waals surface area contributed by atoms with Crippen molar-refractivity contribution in [3.63, 3.8) is 0 Å². The highest BCUT2D eigenvalue weighted by Gasteiger charge is 2.16. The average Bonchev–Trinajstić information content (AvgIpc) is 2.67. The highest BCUT2D eigenvalue weighted by Crippen LogP contribution is 2.14. The van der Waals surface area contributed by atoms with Crippen molar-refractivity contribution in [3.8, 4) is 0 Å². The van der Waals surface area contributed by atoms with Gasteiger partial charge in [-0.05, 0) is 42.4 Å². The molecule has 1 fully saturated rings. The first-order valence-electron chi connectivity index (χ1n) is 8.61. The molecule has 132 valence electrons. The predicted octanol–water partition coefficient (Wildman–Crippen LogP) is 2.92. The zero-order chi connectivity index (χ0) is 17.6. The van der Waals surface area contributed by atoms with Gasteiger partial charge in [-0.1, -0.05) is 28.9 Å². The highest BCUT2D eigenvalue weighted by atomic mass is 79.9. The van der Waals surface area contributed by atoms with Crippen molar-refractivity contribution in [2.75, 3.05) is 37.6 Å². The molecule has 1 aromatic carbocycles. The first-order valence-corrected chi connectivity index (χ1v) is 9.41. The Kier molecular flexibility index (Phi) is 6.04. The van der Waals surface area contributed by atoms with E-state index in [9.17, 15) is 4.79 Å². The van der Waals surface area contributed by atoms with Crippen molar-refractivity contribution in [2.45, 2.75) is 13.5 Å². The molecular formula is C19H23BrN4O. The normalized spacial score (nSPS) is 15.2. The highest BCUT2D eigenvalue weighted by molar-refractivity contribution is 9.10. The van der Waals surface area contributed by atoms with Crippen LogP contribution < -0.4 is 10.2 Å². The summed E-state index contributed by atoms with van der Waals surface area (Å²) in [5.41, 5.74) is 1.66. The molecule has 1 aliphatic heterocycles. The molecule has 1 aromatic heterocycles. The number of amides is 1. The summed E-state index contributed by atoms with van der Waals surface area (Å²) >= 11 is 3.37. The van der Waals surface area contributed by atoms with Crippen molar-refractivity contribution < 1.29 is 4.79 Å². The number of hydrogen-bond acceptors (Lipinski definition) is 4. The van der Waals surface area contributed by atoms with Gasteiger partial charge in [0.05, 0.1) is 0 Å². The summed E-state index contributed by atoms with van der Waals surface area (Å²) in [5.74, 6) is 0.936. The number of aromatic nitrogens is 1. The Morgan fingerprint density at radius 1 is 1.12 bits per heavy atom. The lowest BCUT2D eigenvalue weighted by molar-refractivity contribution is 0.0951. The molecule has 2 heterocycles. The second kappa shape index (κ2) is 8.45. The summed E-state index contributed by atoms with van der Waals surface area (Å²) in [6.45, 7) is 7.99. The molecule has 2 aromatic rings. The fourth-order valence-electron chi connectivity index (χ4n) is 2.89. The summed E-state index contributed by atoms with van der Waals surface area (Å²) < 4.78 is 0.962. The Labute approximate surface area is 157 Å². The van der Waals surface area contributed by atoms with E-state index in [4.69, 9.17) is 0 Å². The van der Waals surface area contributed by atoms with Gasteiger partial charge in [-0.25, -0.2) is 4.98 Å². The quantitative estimate of drug-likeness (QED) is 0.834. The average molecular weight is 403 g/mol. The fourth-order valence-corrected chi connectivity index (χ4v) is 3.15. The van der Waals surface area contributed by atoms with Crippen LogP contribution >= 0.6 is 15.9 Å². The molecular weight excluding hydrogens is 380 g/mol. The lowest BCUT2D eigenvalue weighted by atomic mass is 10.2. The van der Waals surface area contributed by atoms with Gasteiger partial charge in [-0.2, -0.15) is 0 Å². The van der Waals surface area contributed by atoms with Crippen LogP contribution in [-0.4, -0.2) is 48.5 Å². The molecule has 1 N–H and O–H groups in total. The number of nitrogens with zero attached hydrogens (tertiary/aromatic N) is 3. The zero-order valence-electron chi connectivity index (χ0n) is 14.4. The largest absolute Gasteiger partial charge is 0.354 e. The number of piperazine rings is 1. The van der Waals surface area contributed by atoms with Gasteiger partial charge < -0.3 is 15.1 Å². The Morgan fingerprint density at radius 3 is 2.44 bits per heavy atom. The molecule has 5 nitrogen and oxygen atoms in total. The summed E-state index contributed by atoms with van der Waals surface area (Å²) in [6, 6.07) is 11.4. The van der Waals surface area contributed by atoms with Crippen molar-refractivity contribution in [2.24, 2.45) is 0 Å². The van der Waals surface area contributed by atoms with E-state index < -0.39 is 0 Å². The number of likely N-dealkylation sites (N-methyl/N-ethyl adjacent to an activating group) is 1. The third-order valence-electron chi connectivity index (χ3n) is 4.51. The zero-order valence-corrected chi connectivity index (χ0v) is 16.0. The summed E-state index contributed by atoms with van der Waals surface area (Å²) in [7, 11) is 0. The van der Waals surface area contributed by atoms with Gasteiger partial charge >= 0.3 is 0 Å². The van der Waals surface area contributed by atoms with Crippen LogP contribution in [0.4, 0.5) is 5.82 Å². The number of carbonyl (C=O) groups excluding carboxylic acids is 1. The SMILES string of the molecule is CCN1CCN(c2ccc(CNC(=O)c3ccc(Br)cc3)cn2)CC1. The smallest absolute Gasteiger partial charge is 0.251 e. The van der Waals surface area contributed by atoms with Crippen molar-refractivity contribution in [1.82, 2.24) is 15.2 Å². The van der Waals surface area contributed by atoms with Gasteiger partial charge in [0.15, 0.2) is 0 Å². The maximum atomic E-state index is 12.1. The van der Waals surface area contributed by atoms with Gasteiger partial charge in [0.1, 0.15) is 5.82 Å². The molecule has 0 aliphatic carbocycles. The molecule has 1 saturated heterocycles. The minimum Gasteiger partial charge on any atom is -0.354 e. The Morgan fingerprint density at radius 2 is 1.84 bits per heavy atom. The van der Waals surface area contributed by atoms with E-state index in [1.54, 1.807) is 12.1 Å². The van der Waals surface area contributed by atoms with E-state index in [0.717, 1.165) is 48.6 Å². The second-order valence-corrected chi connectivity index (χ2v) is 7.05. The topological polar surface area (TPSA) is 48.5 Å². The molecule has 0 unspecified atom stereocenters. The molecule has 1 aliphatic rings. The van der Waals surface area contributed by atoms with Gasteiger partial charge in [-0.3, -0.25) is 4.79 Å². The molecule has 25 heavy (non-hydrogen) atoms. The molecule has 0 bridgehead atoms. The molecule has 0 spiro atoms. The number of anilines is 1. The standard InChI is InChI=1S/C19H23BrN4O/c1-2-23-9-11-24(12-10-23)18-8-3-15(13-21-18)14-22-19(25)16-4-6-17(20)7-5-16/h3-8,13H,2,9-12,14H2,1H3,(H,22,25). The summed E-state index contributed by atoms with van der Waals surface area (Å²) in [6.07, 6.45) is 1.85. The Hall–Kier alpha value is -1.92. The minimum absolute atomic E-state index is 0.0766. The van der Waals surface area contributed by atoms with E-state index in [-0.39, 0.29) is 5.91 Å². The van der Waals surface area contributed by atoms with Crippen LogP contribution in [0.5, 0.6) is 0 Å². The third-order valence-corrected chi connectivity index (χ3v) is 5.04. The molecule has 6 heteroatoms. The number of carbonyl (C=O) groups is 1. The van der Waals surface area contributed by atoms with Crippen LogP contribution in [0.1, 0.15) is 22.8 Å². The van der Waals surface area contributed by atoms with E-state index in [2.05, 4.69) is 43.0 Å². The van der Waals surface area contributed by atoms with Crippen LogP contribution in [-0.2, 0) is 6.54 Å². The fraction of sp³-hybridized carbons (Fsp3) is 0.368. The lowest BCUT2D eigenvalue weighted by Gasteiger charge is -2.34. The second-order valence-electron chi connectivity index (χ2n) is 6.14. The molecule has 1 amide bonds. The Balaban J connectivity index is 1.52. The number of nitrogens with one attached hydrogen (secondary N) is 1. The van der Waals surface area contributed by atoms with Crippen molar-refractivity contribution in [1.29, 1.82) is 0 Å². The van der Waals surface area contributed by atoms with Crippen molar-refractivity contribution in [3.05, 3.63) is 58.2 Å². The van der Waals surface area contributed by atoms with E-state index in [1.807, 2.05) is 30.5 Å².